The second-order valence-electron chi connectivity index (χ2n) is 7.77. The van der Waals surface area contributed by atoms with Gasteiger partial charge in [-0.2, -0.15) is 5.10 Å². The first-order valence-corrected chi connectivity index (χ1v) is 10.3. The lowest BCUT2D eigenvalue weighted by molar-refractivity contribution is -0.384. The van der Waals surface area contributed by atoms with Crippen molar-refractivity contribution in [3.05, 3.63) is 99.6 Å². The minimum absolute atomic E-state index is 0.00414. The Labute approximate surface area is 191 Å². The number of non-ortho nitro benzene ring substituents is 1. The van der Waals surface area contributed by atoms with Gasteiger partial charge in [0.15, 0.2) is 0 Å². The number of nitrogens with one attached hydrogen (secondary N) is 1. The molecule has 1 saturated carbocycles. The van der Waals surface area contributed by atoms with Crippen LogP contribution in [0.5, 0.6) is 11.5 Å². The number of ether oxygens (including phenoxy) is 2. The highest BCUT2D eigenvalue weighted by atomic mass is 16.6. The van der Waals surface area contributed by atoms with Crippen molar-refractivity contribution >= 4 is 17.8 Å². The van der Waals surface area contributed by atoms with Crippen molar-refractivity contribution in [3.8, 4) is 11.5 Å². The van der Waals surface area contributed by atoms with Gasteiger partial charge in [-0.3, -0.25) is 14.9 Å². The van der Waals surface area contributed by atoms with E-state index in [1.54, 1.807) is 26.4 Å². The molecule has 8 heteroatoms. The van der Waals surface area contributed by atoms with E-state index in [0.29, 0.717) is 12.0 Å². The Bertz CT molecular complexity index is 1160. The normalized spacial score (nSPS) is 16.2. The van der Waals surface area contributed by atoms with E-state index >= 15 is 0 Å². The molecule has 3 aromatic carbocycles. The molecular formula is C25H23N3O5. The minimum atomic E-state index is -0.518. The van der Waals surface area contributed by atoms with Crippen LogP contribution < -0.4 is 14.9 Å². The van der Waals surface area contributed by atoms with Gasteiger partial charge in [0.25, 0.3) is 5.69 Å². The Kier molecular flexibility index (Phi) is 6.08. The lowest BCUT2D eigenvalue weighted by Gasteiger charge is -2.20. The molecule has 0 aliphatic heterocycles. The molecule has 0 heterocycles. The summed E-state index contributed by atoms with van der Waals surface area (Å²) in [5.41, 5.74) is 4.70. The fourth-order valence-corrected chi connectivity index (χ4v) is 4.12. The molecule has 0 spiro atoms. The first-order valence-electron chi connectivity index (χ1n) is 10.3. The second kappa shape index (κ2) is 9.12. The van der Waals surface area contributed by atoms with Crippen LogP contribution in [0.1, 0.15) is 23.1 Å². The molecule has 0 aromatic heterocycles. The quantitative estimate of drug-likeness (QED) is 0.320. The molecule has 168 valence electrons. The Morgan fingerprint density at radius 2 is 1.61 bits per heavy atom. The number of methoxy groups -OCH3 is 2. The predicted octanol–water partition coefficient (Wildman–Crippen LogP) is 4.07. The molecule has 1 atom stereocenters. The van der Waals surface area contributed by atoms with Gasteiger partial charge in [-0.15, -0.1) is 0 Å². The summed E-state index contributed by atoms with van der Waals surface area (Å²) in [5, 5.41) is 14.8. The largest absolute Gasteiger partial charge is 0.497 e. The van der Waals surface area contributed by atoms with E-state index < -0.39 is 10.3 Å². The van der Waals surface area contributed by atoms with Crippen LogP contribution in [0, 0.1) is 16.0 Å². The van der Waals surface area contributed by atoms with Crippen molar-refractivity contribution < 1.29 is 19.2 Å². The van der Waals surface area contributed by atoms with Crippen LogP contribution in [0.15, 0.2) is 77.9 Å². The number of hydrogen-bond acceptors (Lipinski definition) is 6. The van der Waals surface area contributed by atoms with Crippen molar-refractivity contribution in [2.75, 3.05) is 14.2 Å². The predicted molar refractivity (Wildman–Crippen MR) is 124 cm³/mol. The number of benzene rings is 3. The summed E-state index contributed by atoms with van der Waals surface area (Å²) in [7, 11) is 3.22. The van der Waals surface area contributed by atoms with Crippen molar-refractivity contribution in [2.24, 2.45) is 11.0 Å². The Morgan fingerprint density at radius 3 is 2.12 bits per heavy atom. The van der Waals surface area contributed by atoms with Crippen molar-refractivity contribution in [1.82, 2.24) is 5.43 Å². The van der Waals surface area contributed by atoms with Crippen molar-refractivity contribution in [2.45, 2.75) is 11.8 Å². The van der Waals surface area contributed by atoms with Gasteiger partial charge in [-0.05, 0) is 59.5 Å². The third-order valence-corrected chi connectivity index (χ3v) is 5.94. The van der Waals surface area contributed by atoms with Gasteiger partial charge in [0.1, 0.15) is 11.5 Å². The van der Waals surface area contributed by atoms with Crippen LogP contribution >= 0.6 is 0 Å². The number of nitro benzene ring substituents is 1. The van der Waals surface area contributed by atoms with Crippen molar-refractivity contribution in [3.63, 3.8) is 0 Å². The summed E-state index contributed by atoms with van der Waals surface area (Å²) < 4.78 is 10.8. The number of hydrazone groups is 1. The molecular weight excluding hydrogens is 422 g/mol. The number of carbonyl (C=O) groups is 1. The molecule has 1 aliphatic rings. The first kappa shape index (κ1) is 22.0. The lowest BCUT2D eigenvalue weighted by atomic mass is 9.85. The fraction of sp³-hybridized carbons (Fsp3) is 0.200. The summed E-state index contributed by atoms with van der Waals surface area (Å²) in [6, 6.07) is 21.4. The maximum absolute atomic E-state index is 13.0. The van der Waals surface area contributed by atoms with Gasteiger partial charge in [-0.25, -0.2) is 5.43 Å². The molecule has 0 bridgehead atoms. The van der Waals surface area contributed by atoms with Crippen LogP contribution in [-0.2, 0) is 10.2 Å². The Morgan fingerprint density at radius 1 is 1.03 bits per heavy atom. The molecule has 1 fully saturated rings. The van der Waals surface area contributed by atoms with E-state index in [1.165, 1.54) is 18.3 Å². The Balaban J connectivity index is 1.57. The van der Waals surface area contributed by atoms with Crippen LogP contribution in [0.3, 0.4) is 0 Å². The molecule has 0 radical (unpaired) electrons. The van der Waals surface area contributed by atoms with Crippen LogP contribution in [0.4, 0.5) is 5.69 Å². The molecule has 0 saturated heterocycles. The smallest absolute Gasteiger partial charge is 0.269 e. The van der Waals surface area contributed by atoms with Gasteiger partial charge in [0, 0.05) is 17.5 Å². The number of amides is 1. The maximum Gasteiger partial charge on any atom is 0.269 e. The average Bonchev–Trinajstić information content (AvgIpc) is 3.62. The first-order chi connectivity index (χ1) is 16.0. The summed E-state index contributed by atoms with van der Waals surface area (Å²) in [4.78, 5) is 23.3. The van der Waals surface area contributed by atoms with Gasteiger partial charge in [0.05, 0.1) is 31.3 Å². The Hall–Kier alpha value is -4.20. The molecule has 1 aliphatic carbocycles. The molecule has 1 N–H and O–H groups in total. The zero-order chi connectivity index (χ0) is 23.4. The molecule has 8 nitrogen and oxygen atoms in total. The summed E-state index contributed by atoms with van der Waals surface area (Å²) in [6.45, 7) is 0. The van der Waals surface area contributed by atoms with E-state index in [9.17, 15) is 14.9 Å². The monoisotopic (exact) mass is 445 g/mol. The summed E-state index contributed by atoms with van der Waals surface area (Å²) in [5.74, 6) is 0.901. The summed E-state index contributed by atoms with van der Waals surface area (Å²) in [6.07, 6.45) is 2.08. The SMILES string of the molecule is COc1cccc(C2(c3cccc(OC)c3)C[C@@H]2C(=O)N/N=C\c2ccc([N+](=O)[O-])cc2)c1. The third-order valence-electron chi connectivity index (χ3n) is 5.94. The molecule has 4 rings (SSSR count). The number of nitro groups is 1. The van der Waals surface area contributed by atoms with Gasteiger partial charge >= 0.3 is 0 Å². The zero-order valence-corrected chi connectivity index (χ0v) is 18.2. The molecule has 3 aromatic rings. The van der Waals surface area contributed by atoms with E-state index in [4.69, 9.17) is 9.47 Å². The van der Waals surface area contributed by atoms with E-state index in [0.717, 1.165) is 22.6 Å². The molecule has 1 amide bonds. The van der Waals surface area contributed by atoms with E-state index in [1.807, 2.05) is 48.5 Å². The van der Waals surface area contributed by atoms with Crippen LogP contribution in [-0.4, -0.2) is 31.3 Å². The summed E-state index contributed by atoms with van der Waals surface area (Å²) >= 11 is 0. The fourth-order valence-electron chi connectivity index (χ4n) is 4.12. The van der Waals surface area contributed by atoms with Gasteiger partial charge in [-0.1, -0.05) is 24.3 Å². The number of nitrogens with zero attached hydrogens (tertiary/aromatic N) is 2. The van der Waals surface area contributed by atoms with Crippen LogP contribution in [0.2, 0.25) is 0 Å². The second-order valence-corrected chi connectivity index (χ2v) is 7.77. The van der Waals surface area contributed by atoms with Crippen molar-refractivity contribution in [1.29, 1.82) is 0 Å². The van der Waals surface area contributed by atoms with Gasteiger partial charge in [0.2, 0.25) is 5.91 Å². The number of carbonyl (C=O) groups excluding carboxylic acids is 1. The van der Waals surface area contributed by atoms with E-state index in [-0.39, 0.29) is 17.5 Å². The topological polar surface area (TPSA) is 103 Å². The third kappa shape index (κ3) is 4.41. The van der Waals surface area contributed by atoms with Gasteiger partial charge < -0.3 is 9.47 Å². The highest BCUT2D eigenvalue weighted by molar-refractivity contribution is 5.88. The number of rotatable bonds is 8. The highest BCUT2D eigenvalue weighted by Gasteiger charge is 2.60. The lowest BCUT2D eigenvalue weighted by Crippen LogP contribution is -2.25. The minimum Gasteiger partial charge on any atom is -0.497 e. The van der Waals surface area contributed by atoms with Crippen LogP contribution in [0.25, 0.3) is 0 Å². The zero-order valence-electron chi connectivity index (χ0n) is 18.2. The standard InChI is InChI=1S/C25H23N3O5/c1-32-21-7-3-5-18(13-21)25(19-6-4-8-22(14-19)33-2)15-23(25)24(29)27-26-16-17-9-11-20(12-10-17)28(30)31/h3-14,16,23H,15H2,1-2H3,(H,27,29)/b26-16-/t23-/m1/s1. The molecule has 0 unspecified atom stereocenters. The highest BCUT2D eigenvalue weighted by Crippen LogP contribution is 2.59. The number of hydrogen-bond donors (Lipinski definition) is 1. The maximum atomic E-state index is 13.0. The average molecular weight is 445 g/mol. The van der Waals surface area contributed by atoms with E-state index in [2.05, 4.69) is 10.5 Å². The molecule has 33 heavy (non-hydrogen) atoms.